The number of benzene rings is 2. The average molecular weight is 415 g/mol. The Balaban J connectivity index is 1.83. The van der Waals surface area contributed by atoms with Gasteiger partial charge in [0.2, 0.25) is 0 Å². The van der Waals surface area contributed by atoms with E-state index in [0.29, 0.717) is 21.7 Å². The largest absolute Gasteiger partial charge is 0.365 e. The molecular weight excluding hydrogens is 402 g/mol. The number of nitrogens with two attached hydrogens (primary N) is 1. The van der Waals surface area contributed by atoms with E-state index in [1.807, 2.05) is 0 Å². The number of carbonyl (C=O) groups is 1. The van der Waals surface area contributed by atoms with Gasteiger partial charge in [-0.25, -0.2) is 8.42 Å². The van der Waals surface area contributed by atoms with Crippen LogP contribution in [0.4, 0.5) is 11.4 Å². The zero-order chi connectivity index (χ0) is 20.1. The van der Waals surface area contributed by atoms with Crippen LogP contribution in [0.1, 0.15) is 15.2 Å². The highest BCUT2D eigenvalue weighted by atomic mass is 32.2. The summed E-state index contributed by atoms with van der Waals surface area (Å²) in [6.07, 6.45) is 0. The van der Waals surface area contributed by atoms with Crippen LogP contribution in [0.15, 0.2) is 59.5 Å². The van der Waals surface area contributed by atoms with Crippen molar-refractivity contribution in [2.45, 2.75) is 11.4 Å². The molecule has 0 unspecified atom stereocenters. The molecule has 4 rings (SSSR count). The SMILES string of the molecule is NC(=O)c1cc2c(s1)-c1ccccc1N(S(=O)(=O)c1ccc([N+](=O)[O-])cc1)C2. The van der Waals surface area contributed by atoms with Crippen molar-refractivity contribution in [1.29, 1.82) is 0 Å². The van der Waals surface area contributed by atoms with Crippen LogP contribution in [-0.2, 0) is 16.6 Å². The first-order valence-electron chi connectivity index (χ1n) is 8.08. The summed E-state index contributed by atoms with van der Waals surface area (Å²) in [4.78, 5) is 22.9. The third-order valence-corrected chi connectivity index (χ3v) is 7.42. The minimum absolute atomic E-state index is 0.0372. The summed E-state index contributed by atoms with van der Waals surface area (Å²) in [7, 11) is -3.97. The van der Waals surface area contributed by atoms with Gasteiger partial charge in [0, 0.05) is 22.6 Å². The number of carbonyl (C=O) groups excluding carboxylic acids is 1. The number of non-ortho nitro benzene ring substituents is 1. The van der Waals surface area contributed by atoms with Crippen LogP contribution in [0, 0.1) is 10.1 Å². The highest BCUT2D eigenvalue weighted by Gasteiger charge is 2.33. The van der Waals surface area contributed by atoms with Crippen LogP contribution in [-0.4, -0.2) is 19.2 Å². The van der Waals surface area contributed by atoms with Crippen molar-refractivity contribution >= 4 is 38.6 Å². The number of rotatable bonds is 4. The van der Waals surface area contributed by atoms with Crippen LogP contribution < -0.4 is 10.0 Å². The second-order valence-electron chi connectivity index (χ2n) is 6.11. The molecule has 2 aromatic carbocycles. The molecule has 0 bridgehead atoms. The van der Waals surface area contributed by atoms with Crippen LogP contribution in [0.3, 0.4) is 0 Å². The predicted octanol–water partition coefficient (Wildman–Crippen LogP) is 3.13. The second-order valence-corrected chi connectivity index (χ2v) is 9.02. The van der Waals surface area contributed by atoms with E-state index in [0.717, 1.165) is 17.0 Å². The van der Waals surface area contributed by atoms with Crippen molar-refractivity contribution in [2.75, 3.05) is 4.31 Å². The molecule has 2 N–H and O–H groups in total. The molecule has 28 heavy (non-hydrogen) atoms. The topological polar surface area (TPSA) is 124 Å². The molecule has 1 aromatic heterocycles. The molecule has 0 saturated heterocycles. The fourth-order valence-corrected chi connectivity index (χ4v) is 5.62. The van der Waals surface area contributed by atoms with Gasteiger partial charge in [-0.05, 0) is 29.8 Å². The fourth-order valence-electron chi connectivity index (χ4n) is 3.10. The summed E-state index contributed by atoms with van der Waals surface area (Å²) < 4.78 is 27.7. The molecule has 3 aromatic rings. The van der Waals surface area contributed by atoms with Crippen molar-refractivity contribution in [3.63, 3.8) is 0 Å². The Labute approximate surface area is 164 Å². The molecule has 1 aliphatic rings. The zero-order valence-corrected chi connectivity index (χ0v) is 15.9. The lowest BCUT2D eigenvalue weighted by Gasteiger charge is -2.30. The molecule has 1 aliphatic heterocycles. The Morgan fingerprint density at radius 2 is 1.82 bits per heavy atom. The molecule has 142 valence electrons. The number of thiophene rings is 1. The standard InChI is InChI=1S/C18H13N3O5S2/c19-18(22)16-9-11-10-20(15-4-2-1-3-14(15)17(11)27-16)28(25,26)13-7-5-12(6-8-13)21(23)24/h1-9H,10H2,(H2,19,22). The zero-order valence-electron chi connectivity index (χ0n) is 14.2. The van der Waals surface area contributed by atoms with Crippen LogP contribution >= 0.6 is 11.3 Å². The second kappa shape index (κ2) is 6.43. The van der Waals surface area contributed by atoms with Gasteiger partial charge in [0.25, 0.3) is 21.6 Å². The Bertz CT molecular complexity index is 1220. The van der Waals surface area contributed by atoms with Gasteiger partial charge in [-0.1, -0.05) is 18.2 Å². The minimum atomic E-state index is -3.97. The molecule has 0 atom stereocenters. The van der Waals surface area contributed by atoms with Crippen LogP contribution in [0.5, 0.6) is 0 Å². The molecule has 10 heteroatoms. The van der Waals surface area contributed by atoms with Gasteiger partial charge in [-0.2, -0.15) is 0 Å². The maximum absolute atomic E-state index is 13.2. The monoisotopic (exact) mass is 415 g/mol. The molecule has 0 radical (unpaired) electrons. The molecule has 0 aliphatic carbocycles. The number of amides is 1. The fraction of sp³-hybridized carbons (Fsp3) is 0.0556. The van der Waals surface area contributed by atoms with E-state index in [4.69, 9.17) is 5.73 Å². The Morgan fingerprint density at radius 1 is 1.14 bits per heavy atom. The molecule has 2 heterocycles. The van der Waals surface area contributed by atoms with E-state index < -0.39 is 20.9 Å². The maximum atomic E-state index is 13.2. The third-order valence-electron chi connectivity index (χ3n) is 4.42. The van der Waals surface area contributed by atoms with Gasteiger partial charge in [-0.3, -0.25) is 19.2 Å². The lowest BCUT2D eigenvalue weighted by Crippen LogP contribution is -2.32. The summed E-state index contributed by atoms with van der Waals surface area (Å²) >= 11 is 1.23. The number of hydrogen-bond acceptors (Lipinski definition) is 6. The smallest absolute Gasteiger partial charge is 0.269 e. The number of para-hydroxylation sites is 1. The van der Waals surface area contributed by atoms with Crippen molar-refractivity contribution in [3.05, 3.63) is 75.2 Å². The maximum Gasteiger partial charge on any atom is 0.269 e. The van der Waals surface area contributed by atoms with Gasteiger partial charge in [0.1, 0.15) is 0 Å². The normalized spacial score (nSPS) is 12.9. The summed E-state index contributed by atoms with van der Waals surface area (Å²) in [6, 6.07) is 13.3. The molecular formula is C18H13N3O5S2. The number of primary amides is 1. The first-order chi connectivity index (χ1) is 13.3. The van der Waals surface area contributed by atoms with Crippen molar-refractivity contribution in [2.24, 2.45) is 5.73 Å². The number of sulfonamides is 1. The quantitative estimate of drug-likeness (QED) is 0.518. The highest BCUT2D eigenvalue weighted by molar-refractivity contribution is 7.92. The van der Waals surface area contributed by atoms with Gasteiger partial charge < -0.3 is 5.73 Å². The third kappa shape index (κ3) is 2.83. The lowest BCUT2D eigenvalue weighted by atomic mass is 10.0. The average Bonchev–Trinajstić information content (AvgIpc) is 3.12. The van der Waals surface area contributed by atoms with Crippen molar-refractivity contribution in [1.82, 2.24) is 0 Å². The number of nitro benzene ring substituents is 1. The lowest BCUT2D eigenvalue weighted by molar-refractivity contribution is -0.384. The van der Waals surface area contributed by atoms with E-state index in [-0.39, 0.29) is 17.1 Å². The van der Waals surface area contributed by atoms with Gasteiger partial charge in [0.05, 0.1) is 26.9 Å². The highest BCUT2D eigenvalue weighted by Crippen LogP contribution is 2.45. The van der Waals surface area contributed by atoms with E-state index in [9.17, 15) is 23.3 Å². The Morgan fingerprint density at radius 3 is 2.46 bits per heavy atom. The first kappa shape index (κ1) is 18.1. The summed E-state index contributed by atoms with van der Waals surface area (Å²) in [5.41, 5.74) is 7.04. The van der Waals surface area contributed by atoms with Crippen molar-refractivity contribution < 1.29 is 18.1 Å². The van der Waals surface area contributed by atoms with Crippen LogP contribution in [0.25, 0.3) is 10.4 Å². The number of nitrogens with zero attached hydrogens (tertiary/aromatic N) is 2. The first-order valence-corrected chi connectivity index (χ1v) is 10.3. The minimum Gasteiger partial charge on any atom is -0.365 e. The molecule has 8 nitrogen and oxygen atoms in total. The number of hydrogen-bond donors (Lipinski definition) is 1. The summed E-state index contributed by atoms with van der Waals surface area (Å²) in [5, 5.41) is 10.8. The number of fused-ring (bicyclic) bond motifs is 3. The summed E-state index contributed by atoms with van der Waals surface area (Å²) in [6.45, 7) is 0.0372. The van der Waals surface area contributed by atoms with Gasteiger partial charge in [-0.15, -0.1) is 11.3 Å². The molecule has 0 spiro atoms. The number of anilines is 1. The Kier molecular flexibility index (Phi) is 4.16. The van der Waals surface area contributed by atoms with E-state index in [1.54, 1.807) is 30.3 Å². The van der Waals surface area contributed by atoms with E-state index >= 15 is 0 Å². The predicted molar refractivity (Wildman–Crippen MR) is 105 cm³/mol. The molecule has 0 saturated carbocycles. The molecule has 1 amide bonds. The van der Waals surface area contributed by atoms with E-state index in [2.05, 4.69) is 0 Å². The van der Waals surface area contributed by atoms with Gasteiger partial charge >= 0.3 is 0 Å². The van der Waals surface area contributed by atoms with Crippen LogP contribution in [0.2, 0.25) is 0 Å². The number of nitro groups is 1. The van der Waals surface area contributed by atoms with Gasteiger partial charge in [0.15, 0.2) is 0 Å². The summed E-state index contributed by atoms with van der Waals surface area (Å²) in [5.74, 6) is -0.568. The van der Waals surface area contributed by atoms with E-state index in [1.165, 1.54) is 27.8 Å². The molecule has 0 fully saturated rings. The van der Waals surface area contributed by atoms with Crippen molar-refractivity contribution in [3.8, 4) is 10.4 Å². The Hall–Kier alpha value is -3.24.